The number of carbonyl (C=O) groups is 1. The Balaban J connectivity index is 1.84. The summed E-state index contributed by atoms with van der Waals surface area (Å²) in [5, 5.41) is 3.26. The van der Waals surface area contributed by atoms with Gasteiger partial charge in [0.1, 0.15) is 6.10 Å². The normalized spacial score (nSPS) is 22.3. The predicted octanol–water partition coefficient (Wildman–Crippen LogP) is 5.54. The van der Waals surface area contributed by atoms with E-state index in [1.165, 1.54) is 6.92 Å². The Morgan fingerprint density at radius 3 is 2.15 bits per heavy atom. The van der Waals surface area contributed by atoms with E-state index in [0.29, 0.717) is 25.0 Å². The van der Waals surface area contributed by atoms with Crippen molar-refractivity contribution in [3.8, 4) is 0 Å². The lowest BCUT2D eigenvalue weighted by Crippen LogP contribution is -2.54. The molecule has 186 valence electrons. The Morgan fingerprint density at radius 1 is 1.09 bits per heavy atom. The van der Waals surface area contributed by atoms with Crippen molar-refractivity contribution in [1.82, 2.24) is 5.32 Å². The molecule has 34 heavy (non-hydrogen) atoms. The molecule has 3 atom stereocenters. The van der Waals surface area contributed by atoms with Crippen molar-refractivity contribution in [2.75, 3.05) is 13.2 Å². The molecule has 0 bridgehead atoms. The van der Waals surface area contributed by atoms with E-state index in [1.54, 1.807) is 12.1 Å². The zero-order valence-electron chi connectivity index (χ0n) is 18.2. The van der Waals surface area contributed by atoms with Crippen LogP contribution in [-0.2, 0) is 27.4 Å². The molecule has 2 aromatic rings. The van der Waals surface area contributed by atoms with E-state index < -0.39 is 47.3 Å². The lowest BCUT2D eigenvalue weighted by atomic mass is 9.82. The smallest absolute Gasteiger partial charge is 0.416 e. The van der Waals surface area contributed by atoms with Gasteiger partial charge in [0.2, 0.25) is 0 Å². The summed E-state index contributed by atoms with van der Waals surface area (Å²) in [5.41, 5.74) is 2.07. The van der Waals surface area contributed by atoms with Crippen LogP contribution >= 0.6 is 0 Å². The molecule has 0 spiro atoms. The Labute approximate surface area is 192 Å². The minimum absolute atomic E-state index is 0.0426. The SMILES string of the molecule is CC(OC[C@@]1(c2ccccc2)CC[C@@H](OC(N)=O)CN1)c1cc(C(F)(F)F)cc(C(F)(F)F)c1. The molecule has 0 aromatic heterocycles. The average molecular weight is 490 g/mol. The third kappa shape index (κ3) is 6.20. The third-order valence-corrected chi connectivity index (χ3v) is 5.83. The first-order chi connectivity index (χ1) is 15.8. The second kappa shape index (κ2) is 9.83. The molecule has 1 amide bonds. The number of benzene rings is 2. The van der Waals surface area contributed by atoms with E-state index in [9.17, 15) is 31.1 Å². The van der Waals surface area contributed by atoms with Gasteiger partial charge in [0.25, 0.3) is 0 Å². The highest BCUT2D eigenvalue weighted by Gasteiger charge is 2.40. The number of alkyl halides is 6. The second-order valence-electron chi connectivity index (χ2n) is 8.22. The lowest BCUT2D eigenvalue weighted by molar-refractivity contribution is -0.143. The summed E-state index contributed by atoms with van der Waals surface area (Å²) in [6.07, 6.45) is -11.5. The van der Waals surface area contributed by atoms with Crippen LogP contribution in [0.15, 0.2) is 48.5 Å². The highest BCUT2D eigenvalue weighted by atomic mass is 19.4. The number of hydrogen-bond donors (Lipinski definition) is 2. The Hall–Kier alpha value is -2.79. The molecule has 3 N–H and O–H groups in total. The fourth-order valence-corrected chi connectivity index (χ4v) is 3.96. The maximum absolute atomic E-state index is 13.2. The number of ether oxygens (including phenoxy) is 2. The van der Waals surface area contributed by atoms with Gasteiger partial charge < -0.3 is 20.5 Å². The van der Waals surface area contributed by atoms with Gasteiger partial charge >= 0.3 is 18.4 Å². The maximum Gasteiger partial charge on any atom is 0.416 e. The summed E-state index contributed by atoms with van der Waals surface area (Å²) in [6.45, 7) is 1.60. The van der Waals surface area contributed by atoms with Gasteiger partial charge in [-0.2, -0.15) is 26.3 Å². The minimum atomic E-state index is -4.94. The monoisotopic (exact) mass is 490 g/mol. The second-order valence-corrected chi connectivity index (χ2v) is 8.22. The van der Waals surface area contributed by atoms with Gasteiger partial charge in [-0.25, -0.2) is 4.79 Å². The number of rotatable bonds is 6. The summed E-state index contributed by atoms with van der Waals surface area (Å²) >= 11 is 0. The summed E-state index contributed by atoms with van der Waals surface area (Å²) in [4.78, 5) is 11.1. The van der Waals surface area contributed by atoms with Crippen molar-refractivity contribution in [1.29, 1.82) is 0 Å². The number of nitrogens with one attached hydrogen (secondary N) is 1. The largest absolute Gasteiger partial charge is 0.445 e. The van der Waals surface area contributed by atoms with E-state index in [1.807, 2.05) is 18.2 Å². The average Bonchev–Trinajstić information content (AvgIpc) is 2.77. The number of carbonyl (C=O) groups excluding carboxylic acids is 1. The fourth-order valence-electron chi connectivity index (χ4n) is 3.96. The summed E-state index contributed by atoms with van der Waals surface area (Å²) in [7, 11) is 0. The van der Waals surface area contributed by atoms with Crippen LogP contribution in [0.25, 0.3) is 0 Å². The molecule has 3 rings (SSSR count). The van der Waals surface area contributed by atoms with Gasteiger partial charge in [0.05, 0.1) is 29.4 Å². The number of halogens is 6. The molecule has 11 heteroatoms. The summed E-state index contributed by atoms with van der Waals surface area (Å²) < 4.78 is 90.2. The molecular weight excluding hydrogens is 466 g/mol. The molecule has 1 aliphatic rings. The molecule has 5 nitrogen and oxygen atoms in total. The Bertz CT molecular complexity index is 954. The first kappa shape index (κ1) is 25.8. The van der Waals surface area contributed by atoms with Gasteiger partial charge in [-0.3, -0.25) is 0 Å². The molecule has 1 fully saturated rings. The van der Waals surface area contributed by atoms with E-state index >= 15 is 0 Å². The van der Waals surface area contributed by atoms with Gasteiger partial charge in [0.15, 0.2) is 0 Å². The summed E-state index contributed by atoms with van der Waals surface area (Å²) in [5.74, 6) is 0. The third-order valence-electron chi connectivity index (χ3n) is 5.83. The number of nitrogens with two attached hydrogens (primary N) is 1. The number of primary amides is 1. The molecule has 0 saturated carbocycles. The molecule has 1 heterocycles. The first-order valence-electron chi connectivity index (χ1n) is 10.5. The zero-order chi connectivity index (χ0) is 25.1. The molecule has 1 unspecified atom stereocenters. The van der Waals surface area contributed by atoms with Crippen molar-refractivity contribution < 1.29 is 40.6 Å². The van der Waals surface area contributed by atoms with Gasteiger partial charge in [-0.05, 0) is 49.1 Å². The fraction of sp³-hybridized carbons (Fsp3) is 0.435. The van der Waals surface area contributed by atoms with Crippen molar-refractivity contribution in [2.45, 2.75) is 49.9 Å². The van der Waals surface area contributed by atoms with Crippen LogP contribution in [0.3, 0.4) is 0 Å². The maximum atomic E-state index is 13.2. The molecular formula is C23H24F6N2O3. The molecule has 0 radical (unpaired) electrons. The standard InChI is InChI=1S/C23H24F6N2O3/c1-14(15-9-17(22(24,25)26)11-18(10-15)23(27,28)29)33-13-21(16-5-3-2-4-6-16)8-7-19(12-31-21)34-20(30)32/h2-6,9-11,14,19,31H,7-8,12-13H2,1H3,(H2,30,32)/t14?,19-,21-/m1/s1. The first-order valence-corrected chi connectivity index (χ1v) is 10.5. The van der Waals surface area contributed by atoms with Gasteiger partial charge in [0, 0.05) is 6.54 Å². The quantitative estimate of drug-likeness (QED) is 0.522. The number of piperidine rings is 1. The molecule has 1 aliphatic heterocycles. The minimum Gasteiger partial charge on any atom is -0.445 e. The van der Waals surface area contributed by atoms with E-state index in [4.69, 9.17) is 15.2 Å². The van der Waals surface area contributed by atoms with E-state index in [-0.39, 0.29) is 24.8 Å². The van der Waals surface area contributed by atoms with Crippen molar-refractivity contribution >= 4 is 6.09 Å². The van der Waals surface area contributed by atoms with Crippen LogP contribution in [-0.4, -0.2) is 25.3 Å². The van der Waals surface area contributed by atoms with Crippen LogP contribution in [0.1, 0.15) is 48.1 Å². The van der Waals surface area contributed by atoms with Crippen molar-refractivity contribution in [2.24, 2.45) is 5.73 Å². The Morgan fingerprint density at radius 2 is 1.68 bits per heavy atom. The summed E-state index contributed by atoms with van der Waals surface area (Å²) in [6, 6.07) is 10.5. The zero-order valence-corrected chi connectivity index (χ0v) is 18.2. The molecule has 2 aromatic carbocycles. The van der Waals surface area contributed by atoms with E-state index in [0.717, 1.165) is 5.56 Å². The molecule has 1 saturated heterocycles. The highest BCUT2D eigenvalue weighted by Crippen LogP contribution is 2.39. The number of hydrogen-bond acceptors (Lipinski definition) is 4. The van der Waals surface area contributed by atoms with Gasteiger partial charge in [-0.1, -0.05) is 30.3 Å². The highest BCUT2D eigenvalue weighted by molar-refractivity contribution is 5.64. The van der Waals surface area contributed by atoms with Crippen LogP contribution in [0.5, 0.6) is 0 Å². The lowest BCUT2D eigenvalue weighted by Gasteiger charge is -2.41. The van der Waals surface area contributed by atoms with E-state index in [2.05, 4.69) is 5.32 Å². The van der Waals surface area contributed by atoms with Crippen LogP contribution in [0.4, 0.5) is 31.1 Å². The van der Waals surface area contributed by atoms with Crippen molar-refractivity contribution in [3.05, 3.63) is 70.8 Å². The Kier molecular flexibility index (Phi) is 7.47. The molecule has 0 aliphatic carbocycles. The topological polar surface area (TPSA) is 73.6 Å². The number of amides is 1. The van der Waals surface area contributed by atoms with Crippen LogP contribution in [0, 0.1) is 0 Å². The van der Waals surface area contributed by atoms with Crippen LogP contribution in [0.2, 0.25) is 0 Å². The van der Waals surface area contributed by atoms with Crippen molar-refractivity contribution in [3.63, 3.8) is 0 Å². The predicted molar refractivity (Wildman–Crippen MR) is 111 cm³/mol. The van der Waals surface area contributed by atoms with Crippen LogP contribution < -0.4 is 11.1 Å². The van der Waals surface area contributed by atoms with Gasteiger partial charge in [-0.15, -0.1) is 0 Å².